The topological polar surface area (TPSA) is 87.3 Å². The number of sulfonamides is 1. The highest BCUT2D eigenvalue weighted by atomic mass is 32.2. The first-order chi connectivity index (χ1) is 12.4. The van der Waals surface area contributed by atoms with Crippen LogP contribution in [-0.2, 0) is 16.4 Å². The minimum Gasteiger partial charge on any atom is -0.338 e. The van der Waals surface area contributed by atoms with E-state index in [1.54, 1.807) is 43.3 Å². The Labute approximate surface area is 152 Å². The molecule has 0 aromatic heterocycles. The number of carbonyl (C=O) groups is 1. The fourth-order valence-electron chi connectivity index (χ4n) is 2.31. The average molecular weight is 379 g/mol. The summed E-state index contributed by atoms with van der Waals surface area (Å²) >= 11 is 0. The largest absolute Gasteiger partial charge is 0.338 e. The van der Waals surface area contributed by atoms with Gasteiger partial charge in [0.2, 0.25) is 10.0 Å². The third kappa shape index (κ3) is 6.72. The Balaban J connectivity index is 1.84. The number of anilines is 2. The Kier molecular flexibility index (Phi) is 6.97. The molecule has 0 saturated carbocycles. The Morgan fingerprint density at radius 3 is 2.46 bits per heavy atom. The maximum absolute atomic E-state index is 12.8. The molecule has 6 nitrogen and oxygen atoms in total. The molecule has 0 saturated heterocycles. The third-order valence-electron chi connectivity index (χ3n) is 3.48. The smallest absolute Gasteiger partial charge is 0.319 e. The summed E-state index contributed by atoms with van der Waals surface area (Å²) < 4.78 is 38.9. The van der Waals surface area contributed by atoms with Gasteiger partial charge in [0.05, 0.1) is 11.4 Å². The molecule has 0 radical (unpaired) electrons. The van der Waals surface area contributed by atoms with E-state index in [4.69, 9.17) is 0 Å². The van der Waals surface area contributed by atoms with E-state index in [0.29, 0.717) is 30.8 Å². The van der Waals surface area contributed by atoms with Gasteiger partial charge in [-0.15, -0.1) is 0 Å². The van der Waals surface area contributed by atoms with Gasteiger partial charge >= 0.3 is 6.03 Å². The molecule has 0 aliphatic rings. The first-order valence-corrected chi connectivity index (χ1v) is 9.93. The van der Waals surface area contributed by atoms with Gasteiger partial charge in [0, 0.05) is 12.2 Å². The quantitative estimate of drug-likeness (QED) is 0.657. The molecule has 3 N–H and O–H groups in total. The van der Waals surface area contributed by atoms with Gasteiger partial charge in [0.1, 0.15) is 5.82 Å². The van der Waals surface area contributed by atoms with Crippen molar-refractivity contribution in [3.8, 4) is 0 Å². The summed E-state index contributed by atoms with van der Waals surface area (Å²) in [4.78, 5) is 11.9. The number of hydrogen-bond acceptors (Lipinski definition) is 3. The second-order valence-electron chi connectivity index (χ2n) is 5.76. The summed E-state index contributed by atoms with van der Waals surface area (Å²) in [5, 5.41) is 5.35. The van der Waals surface area contributed by atoms with Gasteiger partial charge in [0.25, 0.3) is 0 Å². The summed E-state index contributed by atoms with van der Waals surface area (Å²) in [5.41, 5.74) is 1.78. The van der Waals surface area contributed by atoms with Crippen molar-refractivity contribution >= 4 is 27.4 Å². The lowest BCUT2D eigenvalue weighted by atomic mass is 10.1. The molecular weight excluding hydrogens is 357 g/mol. The summed E-state index contributed by atoms with van der Waals surface area (Å²) in [6.45, 7) is 2.17. The van der Waals surface area contributed by atoms with Crippen LogP contribution in [0.5, 0.6) is 0 Å². The molecule has 0 aliphatic heterocycles. The molecule has 140 valence electrons. The molecule has 2 aromatic rings. The van der Waals surface area contributed by atoms with Crippen LogP contribution in [-0.4, -0.2) is 26.7 Å². The van der Waals surface area contributed by atoms with Crippen LogP contribution in [0.4, 0.5) is 20.6 Å². The highest BCUT2D eigenvalue weighted by Crippen LogP contribution is 2.16. The maximum atomic E-state index is 12.8. The van der Waals surface area contributed by atoms with E-state index < -0.39 is 16.1 Å². The highest BCUT2D eigenvalue weighted by Gasteiger charge is 2.09. The molecule has 0 spiro atoms. The average Bonchev–Trinajstić information content (AvgIpc) is 2.56. The molecule has 2 aromatic carbocycles. The minimum absolute atomic E-state index is 0.0362. The predicted molar refractivity (Wildman–Crippen MR) is 101 cm³/mol. The standard InChI is InChI=1S/C18H22FN3O3S/c1-2-12-26(24,25)22-17-5-3-4-16(13-17)21-18(23)20-11-10-14-6-8-15(19)9-7-14/h3-9,13,22H,2,10-12H2,1H3,(H2,20,21,23). The number of halogens is 1. The van der Waals surface area contributed by atoms with Gasteiger partial charge in [-0.05, 0) is 48.7 Å². The lowest BCUT2D eigenvalue weighted by Crippen LogP contribution is -2.30. The summed E-state index contributed by atoms with van der Waals surface area (Å²) in [7, 11) is -3.38. The SMILES string of the molecule is CCCS(=O)(=O)Nc1cccc(NC(=O)NCCc2ccc(F)cc2)c1. The lowest BCUT2D eigenvalue weighted by Gasteiger charge is -2.11. The Morgan fingerprint density at radius 1 is 1.08 bits per heavy atom. The molecule has 0 bridgehead atoms. The number of amides is 2. The molecule has 0 aliphatic carbocycles. The van der Waals surface area contributed by atoms with E-state index in [0.717, 1.165) is 5.56 Å². The lowest BCUT2D eigenvalue weighted by molar-refractivity contribution is 0.252. The van der Waals surface area contributed by atoms with Gasteiger partial charge < -0.3 is 10.6 Å². The Morgan fingerprint density at radius 2 is 1.77 bits per heavy atom. The zero-order valence-electron chi connectivity index (χ0n) is 14.5. The molecule has 0 heterocycles. The van der Waals surface area contributed by atoms with Gasteiger partial charge in [-0.25, -0.2) is 17.6 Å². The van der Waals surface area contributed by atoms with Crippen molar-refractivity contribution in [3.05, 3.63) is 59.9 Å². The number of carbonyl (C=O) groups excluding carboxylic acids is 1. The van der Waals surface area contributed by atoms with E-state index >= 15 is 0 Å². The fraction of sp³-hybridized carbons (Fsp3) is 0.278. The third-order valence-corrected chi connectivity index (χ3v) is 4.97. The van der Waals surface area contributed by atoms with Crippen molar-refractivity contribution in [1.29, 1.82) is 0 Å². The number of hydrogen-bond donors (Lipinski definition) is 3. The second-order valence-corrected chi connectivity index (χ2v) is 7.60. The van der Waals surface area contributed by atoms with Crippen molar-refractivity contribution in [2.75, 3.05) is 22.3 Å². The van der Waals surface area contributed by atoms with Crippen LogP contribution in [0.25, 0.3) is 0 Å². The van der Waals surface area contributed by atoms with Crippen LogP contribution in [0.2, 0.25) is 0 Å². The van der Waals surface area contributed by atoms with Crippen LogP contribution in [0.1, 0.15) is 18.9 Å². The molecule has 0 fully saturated rings. The number of urea groups is 1. The van der Waals surface area contributed by atoms with Crippen LogP contribution in [0.3, 0.4) is 0 Å². The Hall–Kier alpha value is -2.61. The Bertz CT molecular complexity index is 839. The molecular formula is C18H22FN3O3S. The second kappa shape index (κ2) is 9.19. The molecule has 8 heteroatoms. The van der Waals surface area contributed by atoms with Crippen LogP contribution < -0.4 is 15.4 Å². The normalized spacial score (nSPS) is 11.0. The summed E-state index contributed by atoms with van der Waals surface area (Å²) in [6, 6.07) is 12.2. The van der Waals surface area contributed by atoms with E-state index in [-0.39, 0.29) is 11.6 Å². The number of benzene rings is 2. The summed E-state index contributed by atoms with van der Waals surface area (Å²) in [5.74, 6) is -0.261. The maximum Gasteiger partial charge on any atom is 0.319 e. The van der Waals surface area contributed by atoms with E-state index in [1.165, 1.54) is 12.1 Å². The van der Waals surface area contributed by atoms with Crippen molar-refractivity contribution < 1.29 is 17.6 Å². The van der Waals surface area contributed by atoms with Gasteiger partial charge in [0.15, 0.2) is 0 Å². The van der Waals surface area contributed by atoms with E-state index in [9.17, 15) is 17.6 Å². The zero-order valence-corrected chi connectivity index (χ0v) is 15.3. The van der Waals surface area contributed by atoms with Gasteiger partial charge in [-0.2, -0.15) is 0 Å². The minimum atomic E-state index is -3.38. The van der Waals surface area contributed by atoms with E-state index in [2.05, 4.69) is 15.4 Å². The predicted octanol–water partition coefficient (Wildman–Crippen LogP) is 3.34. The molecule has 0 atom stereocenters. The van der Waals surface area contributed by atoms with Crippen molar-refractivity contribution in [1.82, 2.24) is 5.32 Å². The van der Waals surface area contributed by atoms with Crippen molar-refractivity contribution in [3.63, 3.8) is 0 Å². The molecule has 0 unspecified atom stereocenters. The first-order valence-electron chi connectivity index (χ1n) is 8.28. The van der Waals surface area contributed by atoms with Gasteiger partial charge in [-0.1, -0.05) is 25.1 Å². The highest BCUT2D eigenvalue weighted by molar-refractivity contribution is 7.92. The monoisotopic (exact) mass is 379 g/mol. The van der Waals surface area contributed by atoms with Crippen molar-refractivity contribution in [2.24, 2.45) is 0 Å². The molecule has 26 heavy (non-hydrogen) atoms. The number of rotatable bonds is 8. The van der Waals surface area contributed by atoms with Crippen LogP contribution >= 0.6 is 0 Å². The van der Waals surface area contributed by atoms with Crippen LogP contribution in [0.15, 0.2) is 48.5 Å². The van der Waals surface area contributed by atoms with Crippen LogP contribution in [0, 0.1) is 5.82 Å². The first kappa shape index (κ1) is 19.7. The van der Waals surface area contributed by atoms with Gasteiger partial charge in [-0.3, -0.25) is 4.72 Å². The van der Waals surface area contributed by atoms with Crippen molar-refractivity contribution in [2.45, 2.75) is 19.8 Å². The molecule has 2 rings (SSSR count). The zero-order chi connectivity index (χ0) is 19.0. The fourth-order valence-corrected chi connectivity index (χ4v) is 3.43. The number of nitrogens with one attached hydrogen (secondary N) is 3. The molecule has 2 amide bonds. The van der Waals surface area contributed by atoms with E-state index in [1.807, 2.05) is 0 Å². The summed E-state index contributed by atoms with van der Waals surface area (Å²) in [6.07, 6.45) is 1.09.